The monoisotopic (exact) mass is 272 g/mol. The zero-order chi connectivity index (χ0) is 13.0. The molecule has 2 amide bonds. The lowest BCUT2D eigenvalue weighted by Crippen LogP contribution is -2.48. The van der Waals surface area contributed by atoms with E-state index >= 15 is 0 Å². The van der Waals surface area contributed by atoms with Gasteiger partial charge in [0, 0.05) is 17.7 Å². The summed E-state index contributed by atoms with van der Waals surface area (Å²) in [6.45, 7) is 0.637. The molecule has 102 valence electrons. The molecule has 2 fully saturated rings. The Labute approximate surface area is 111 Å². The van der Waals surface area contributed by atoms with Crippen LogP contribution in [0.2, 0.25) is 0 Å². The third-order valence-electron chi connectivity index (χ3n) is 3.88. The van der Waals surface area contributed by atoms with Crippen LogP contribution in [-0.4, -0.2) is 41.2 Å². The van der Waals surface area contributed by atoms with Gasteiger partial charge in [0.05, 0.1) is 6.61 Å². The van der Waals surface area contributed by atoms with Crippen LogP contribution in [0.25, 0.3) is 0 Å². The van der Waals surface area contributed by atoms with Crippen molar-refractivity contribution in [3.05, 3.63) is 0 Å². The Kier molecular flexibility index (Phi) is 4.50. The summed E-state index contributed by atoms with van der Waals surface area (Å²) in [5, 5.41) is 14.9. The lowest BCUT2D eigenvalue weighted by atomic mass is 9.74. The number of aliphatic hydroxyl groups excluding tert-OH is 1. The number of carbonyl (C=O) groups is 2. The van der Waals surface area contributed by atoms with E-state index in [1.54, 1.807) is 0 Å². The third-order valence-corrected chi connectivity index (χ3v) is 4.76. The lowest BCUT2D eigenvalue weighted by Gasteiger charge is -2.35. The maximum absolute atomic E-state index is 11.9. The number of nitrogens with one attached hydrogen (secondary N) is 2. The van der Waals surface area contributed by atoms with Crippen LogP contribution in [0.5, 0.6) is 0 Å². The average Bonchev–Trinajstić information content (AvgIpc) is 2.84. The van der Waals surface area contributed by atoms with Crippen LogP contribution in [0.4, 0.5) is 4.79 Å². The molecule has 0 radical (unpaired) electrons. The van der Waals surface area contributed by atoms with Gasteiger partial charge in [0.25, 0.3) is 5.24 Å². The van der Waals surface area contributed by atoms with Crippen LogP contribution in [0, 0.1) is 5.41 Å². The first-order valence-corrected chi connectivity index (χ1v) is 7.46. The summed E-state index contributed by atoms with van der Waals surface area (Å²) in [4.78, 5) is 22.9. The molecular formula is C12H20N2O3S. The summed E-state index contributed by atoms with van der Waals surface area (Å²) in [7, 11) is 0. The molecule has 0 aromatic heterocycles. The van der Waals surface area contributed by atoms with E-state index in [1.165, 1.54) is 6.42 Å². The fourth-order valence-electron chi connectivity index (χ4n) is 2.62. The Balaban J connectivity index is 1.82. The molecule has 1 aliphatic heterocycles. The standard InChI is InChI=1S/C12H20N2O3S/c15-8-12(4-2-1-3-5-12)7-13-10(16)9-6-18-11(17)14-9/h9,15H,1-8H2,(H,13,16)(H,14,17). The van der Waals surface area contributed by atoms with E-state index in [4.69, 9.17) is 0 Å². The van der Waals surface area contributed by atoms with Crippen molar-refractivity contribution in [2.45, 2.75) is 38.1 Å². The minimum Gasteiger partial charge on any atom is -0.396 e. The van der Waals surface area contributed by atoms with E-state index in [1.807, 2.05) is 0 Å². The highest BCUT2D eigenvalue weighted by atomic mass is 32.2. The second kappa shape index (κ2) is 5.93. The van der Waals surface area contributed by atoms with E-state index in [2.05, 4.69) is 10.6 Å². The number of aliphatic hydroxyl groups is 1. The van der Waals surface area contributed by atoms with Gasteiger partial charge in [0.2, 0.25) is 5.91 Å². The van der Waals surface area contributed by atoms with Crippen LogP contribution in [-0.2, 0) is 4.79 Å². The molecule has 5 nitrogen and oxygen atoms in total. The van der Waals surface area contributed by atoms with Crippen molar-refractivity contribution in [2.24, 2.45) is 5.41 Å². The van der Waals surface area contributed by atoms with Gasteiger partial charge < -0.3 is 15.7 Å². The summed E-state index contributed by atoms with van der Waals surface area (Å²) < 4.78 is 0. The van der Waals surface area contributed by atoms with Crippen molar-refractivity contribution < 1.29 is 14.7 Å². The van der Waals surface area contributed by atoms with Crippen molar-refractivity contribution in [1.82, 2.24) is 10.6 Å². The Morgan fingerprint density at radius 2 is 2.17 bits per heavy atom. The Bertz CT molecular complexity index is 329. The summed E-state index contributed by atoms with van der Waals surface area (Å²) in [5.41, 5.74) is -0.149. The summed E-state index contributed by atoms with van der Waals surface area (Å²) >= 11 is 1.14. The minimum atomic E-state index is -0.415. The lowest BCUT2D eigenvalue weighted by molar-refractivity contribution is -0.123. The zero-order valence-corrected chi connectivity index (χ0v) is 11.2. The molecule has 0 spiro atoms. The van der Waals surface area contributed by atoms with Crippen LogP contribution in [0.1, 0.15) is 32.1 Å². The van der Waals surface area contributed by atoms with Gasteiger partial charge in [-0.05, 0) is 12.8 Å². The van der Waals surface area contributed by atoms with E-state index in [9.17, 15) is 14.7 Å². The van der Waals surface area contributed by atoms with Crippen molar-refractivity contribution in [3.8, 4) is 0 Å². The molecule has 3 N–H and O–H groups in total. The highest BCUT2D eigenvalue weighted by molar-refractivity contribution is 8.14. The maximum atomic E-state index is 11.9. The van der Waals surface area contributed by atoms with Crippen LogP contribution >= 0.6 is 11.8 Å². The number of hydrogen-bond donors (Lipinski definition) is 3. The number of carbonyl (C=O) groups excluding carboxylic acids is 2. The fourth-order valence-corrected chi connectivity index (χ4v) is 3.39. The molecule has 6 heteroatoms. The minimum absolute atomic E-state index is 0.124. The Morgan fingerprint density at radius 1 is 1.44 bits per heavy atom. The highest BCUT2D eigenvalue weighted by Crippen LogP contribution is 2.35. The van der Waals surface area contributed by atoms with Crippen molar-refractivity contribution in [2.75, 3.05) is 18.9 Å². The van der Waals surface area contributed by atoms with Crippen molar-refractivity contribution in [3.63, 3.8) is 0 Å². The van der Waals surface area contributed by atoms with Crippen LogP contribution in [0.15, 0.2) is 0 Å². The second-order valence-electron chi connectivity index (χ2n) is 5.23. The van der Waals surface area contributed by atoms with Gasteiger partial charge in [-0.25, -0.2) is 0 Å². The predicted molar refractivity (Wildman–Crippen MR) is 70.4 cm³/mol. The van der Waals surface area contributed by atoms with Crippen LogP contribution in [0.3, 0.4) is 0 Å². The molecule has 0 aromatic rings. The molecule has 1 saturated carbocycles. The smallest absolute Gasteiger partial charge is 0.279 e. The van der Waals surface area contributed by atoms with Gasteiger partial charge in [-0.1, -0.05) is 31.0 Å². The molecule has 0 aromatic carbocycles. The van der Waals surface area contributed by atoms with Crippen LogP contribution < -0.4 is 10.6 Å². The largest absolute Gasteiger partial charge is 0.396 e. The van der Waals surface area contributed by atoms with Crippen molar-refractivity contribution >= 4 is 22.9 Å². The molecule has 2 rings (SSSR count). The highest BCUT2D eigenvalue weighted by Gasteiger charge is 2.34. The number of amides is 2. The number of thioether (sulfide) groups is 1. The number of rotatable bonds is 4. The first-order valence-electron chi connectivity index (χ1n) is 6.47. The Morgan fingerprint density at radius 3 is 2.72 bits per heavy atom. The van der Waals surface area contributed by atoms with Gasteiger partial charge in [-0.3, -0.25) is 9.59 Å². The van der Waals surface area contributed by atoms with Gasteiger partial charge in [-0.2, -0.15) is 0 Å². The van der Waals surface area contributed by atoms with Crippen molar-refractivity contribution in [1.29, 1.82) is 0 Å². The molecule has 1 unspecified atom stereocenters. The van der Waals surface area contributed by atoms with E-state index < -0.39 is 6.04 Å². The van der Waals surface area contributed by atoms with Gasteiger partial charge in [0.15, 0.2) is 0 Å². The first kappa shape index (κ1) is 13.7. The summed E-state index contributed by atoms with van der Waals surface area (Å²) in [6, 6.07) is -0.415. The molecule has 0 bridgehead atoms. The molecular weight excluding hydrogens is 252 g/mol. The second-order valence-corrected chi connectivity index (χ2v) is 6.22. The maximum Gasteiger partial charge on any atom is 0.279 e. The average molecular weight is 272 g/mol. The molecule has 1 aliphatic carbocycles. The summed E-state index contributed by atoms with van der Waals surface area (Å²) in [6.07, 6.45) is 5.38. The zero-order valence-electron chi connectivity index (χ0n) is 10.4. The molecule has 1 saturated heterocycles. The molecule has 1 atom stereocenters. The molecule has 18 heavy (non-hydrogen) atoms. The normalized spacial score (nSPS) is 26.7. The fraction of sp³-hybridized carbons (Fsp3) is 0.833. The quantitative estimate of drug-likeness (QED) is 0.709. The van der Waals surface area contributed by atoms with E-state index in [0.29, 0.717) is 12.3 Å². The Hall–Kier alpha value is -0.750. The van der Waals surface area contributed by atoms with Gasteiger partial charge in [0.1, 0.15) is 6.04 Å². The topological polar surface area (TPSA) is 78.4 Å². The van der Waals surface area contributed by atoms with Gasteiger partial charge >= 0.3 is 0 Å². The predicted octanol–water partition coefficient (Wildman–Crippen LogP) is 0.870. The number of hydrogen-bond acceptors (Lipinski definition) is 4. The van der Waals surface area contributed by atoms with Gasteiger partial charge in [-0.15, -0.1) is 0 Å². The molecule has 2 aliphatic rings. The summed E-state index contributed by atoms with van der Waals surface area (Å²) in [5.74, 6) is 0.364. The first-order chi connectivity index (χ1) is 8.65. The third kappa shape index (κ3) is 3.17. The molecule has 1 heterocycles. The van der Waals surface area contributed by atoms with E-state index in [0.717, 1.165) is 37.4 Å². The van der Waals surface area contributed by atoms with E-state index in [-0.39, 0.29) is 23.2 Å². The SMILES string of the molecule is O=C1NC(C(=O)NCC2(CO)CCCCC2)CS1.